The van der Waals surface area contributed by atoms with Crippen LogP contribution in [0.5, 0.6) is 0 Å². The van der Waals surface area contributed by atoms with Crippen LogP contribution in [0, 0.1) is 0 Å². The first-order valence-electron chi connectivity index (χ1n) is 13.3. The van der Waals surface area contributed by atoms with E-state index in [1.54, 1.807) is 0 Å². The summed E-state index contributed by atoms with van der Waals surface area (Å²) in [6.45, 7) is 14.8. The second kappa shape index (κ2) is 9.18. The van der Waals surface area contributed by atoms with Gasteiger partial charge in [0, 0.05) is 6.54 Å². The highest BCUT2D eigenvalue weighted by atomic mass is 16.7. The Balaban J connectivity index is 1.34. The summed E-state index contributed by atoms with van der Waals surface area (Å²) in [7, 11) is -0.357. The number of carbonyl (C=O) groups excluding carboxylic acids is 1. The molecule has 0 saturated carbocycles. The first-order chi connectivity index (χ1) is 17.3. The molecule has 0 bridgehead atoms. The smallest absolute Gasteiger partial charge is 0.444 e. The zero-order chi connectivity index (χ0) is 26.6. The fourth-order valence-corrected chi connectivity index (χ4v) is 5.12. The fraction of sp³-hybridized carbons (Fsp3) is 0.452. The Labute approximate surface area is 221 Å². The molecule has 5 nitrogen and oxygen atoms in total. The molecule has 0 spiro atoms. The van der Waals surface area contributed by atoms with E-state index in [0.717, 1.165) is 41.5 Å². The average molecular weight is 499 g/mol. The van der Waals surface area contributed by atoms with Crippen LogP contribution in [0.3, 0.4) is 0 Å². The Kier molecular flexibility index (Phi) is 6.40. The van der Waals surface area contributed by atoms with Gasteiger partial charge < -0.3 is 18.9 Å². The number of amides is 1. The van der Waals surface area contributed by atoms with Crippen molar-refractivity contribution < 1.29 is 18.8 Å². The molecule has 2 saturated heterocycles. The first-order valence-corrected chi connectivity index (χ1v) is 13.3. The van der Waals surface area contributed by atoms with Crippen molar-refractivity contribution in [2.24, 2.45) is 0 Å². The SMILES string of the molecule is CC(C)(C)OC(=O)N1CCCC1c1ccc2cc(-c3ccc(B4OC(C)(C)C(C)(C)O4)cc3)ccc2c1. The molecule has 3 aromatic rings. The number of carbonyl (C=O) groups is 1. The van der Waals surface area contributed by atoms with E-state index in [9.17, 15) is 4.79 Å². The zero-order valence-electron chi connectivity index (χ0n) is 23.1. The number of hydrogen-bond donors (Lipinski definition) is 0. The summed E-state index contributed by atoms with van der Waals surface area (Å²) in [5, 5.41) is 2.35. The number of fused-ring (bicyclic) bond motifs is 1. The van der Waals surface area contributed by atoms with Crippen LogP contribution >= 0.6 is 0 Å². The average Bonchev–Trinajstić information content (AvgIpc) is 3.39. The normalized spacial score (nSPS) is 21.0. The van der Waals surface area contributed by atoms with Crippen molar-refractivity contribution in [3.63, 3.8) is 0 Å². The third-order valence-corrected chi connectivity index (χ3v) is 7.90. The number of rotatable bonds is 3. The van der Waals surface area contributed by atoms with Gasteiger partial charge in [-0.1, -0.05) is 48.5 Å². The first kappa shape index (κ1) is 25.8. The molecule has 3 aromatic carbocycles. The van der Waals surface area contributed by atoms with Gasteiger partial charge in [0.05, 0.1) is 17.2 Å². The topological polar surface area (TPSA) is 48.0 Å². The van der Waals surface area contributed by atoms with E-state index in [2.05, 4.69) is 88.4 Å². The summed E-state index contributed by atoms with van der Waals surface area (Å²) in [6, 6.07) is 21.6. The second-order valence-corrected chi connectivity index (χ2v) is 12.4. The molecule has 2 heterocycles. The number of benzene rings is 3. The molecule has 1 atom stereocenters. The highest BCUT2D eigenvalue weighted by Crippen LogP contribution is 2.37. The molecule has 0 aliphatic carbocycles. The van der Waals surface area contributed by atoms with Crippen LogP contribution in [0.15, 0.2) is 60.7 Å². The molecule has 0 N–H and O–H groups in total. The summed E-state index contributed by atoms with van der Waals surface area (Å²) in [4.78, 5) is 14.6. The van der Waals surface area contributed by atoms with Crippen LogP contribution in [0.1, 0.15) is 72.9 Å². The maximum absolute atomic E-state index is 12.8. The van der Waals surface area contributed by atoms with Crippen LogP contribution in [0.25, 0.3) is 21.9 Å². The fourth-order valence-electron chi connectivity index (χ4n) is 5.12. The molecular weight excluding hydrogens is 461 g/mol. The largest absolute Gasteiger partial charge is 0.494 e. The van der Waals surface area contributed by atoms with Gasteiger partial charge >= 0.3 is 13.2 Å². The van der Waals surface area contributed by atoms with Crippen molar-refractivity contribution in [1.29, 1.82) is 0 Å². The van der Waals surface area contributed by atoms with E-state index in [1.807, 2.05) is 25.7 Å². The van der Waals surface area contributed by atoms with Gasteiger partial charge in [-0.25, -0.2) is 4.79 Å². The number of hydrogen-bond acceptors (Lipinski definition) is 4. The predicted octanol–water partition coefficient (Wildman–Crippen LogP) is 6.88. The van der Waals surface area contributed by atoms with Gasteiger partial charge in [-0.15, -0.1) is 0 Å². The summed E-state index contributed by atoms with van der Waals surface area (Å²) in [5.74, 6) is 0. The number of ether oxygens (including phenoxy) is 1. The zero-order valence-corrected chi connectivity index (χ0v) is 23.1. The third-order valence-electron chi connectivity index (χ3n) is 7.90. The van der Waals surface area contributed by atoms with Gasteiger partial charge in [0.1, 0.15) is 5.60 Å². The third kappa shape index (κ3) is 5.14. The molecule has 194 valence electrons. The predicted molar refractivity (Wildman–Crippen MR) is 150 cm³/mol. The van der Waals surface area contributed by atoms with Crippen LogP contribution in [-0.4, -0.2) is 41.5 Å². The highest BCUT2D eigenvalue weighted by Gasteiger charge is 2.51. The minimum atomic E-state index is -0.494. The molecule has 6 heteroatoms. The van der Waals surface area contributed by atoms with Crippen molar-refractivity contribution >= 4 is 29.4 Å². The molecule has 1 amide bonds. The highest BCUT2D eigenvalue weighted by molar-refractivity contribution is 6.62. The molecule has 0 aromatic heterocycles. The van der Waals surface area contributed by atoms with E-state index in [4.69, 9.17) is 14.0 Å². The summed E-state index contributed by atoms with van der Waals surface area (Å²) in [6.07, 6.45) is 1.72. The van der Waals surface area contributed by atoms with Gasteiger partial charge in [-0.2, -0.15) is 0 Å². The van der Waals surface area contributed by atoms with Crippen LogP contribution < -0.4 is 5.46 Å². The monoisotopic (exact) mass is 499 g/mol. The quantitative estimate of drug-likeness (QED) is 0.369. The minimum absolute atomic E-state index is 0.0569. The van der Waals surface area contributed by atoms with Gasteiger partial charge in [0.2, 0.25) is 0 Å². The van der Waals surface area contributed by atoms with Crippen LogP contribution in [0.4, 0.5) is 4.79 Å². The Morgan fingerprint density at radius 3 is 2.14 bits per heavy atom. The van der Waals surface area contributed by atoms with Gasteiger partial charge in [-0.05, 0) is 106 Å². The van der Waals surface area contributed by atoms with Crippen molar-refractivity contribution in [2.45, 2.75) is 84.2 Å². The molecular formula is C31H38BNO4. The van der Waals surface area contributed by atoms with Gasteiger partial charge in [0.15, 0.2) is 0 Å². The van der Waals surface area contributed by atoms with Crippen molar-refractivity contribution in [3.8, 4) is 11.1 Å². The molecule has 1 unspecified atom stereocenters. The number of likely N-dealkylation sites (tertiary alicyclic amines) is 1. The summed E-state index contributed by atoms with van der Waals surface area (Å²) < 4.78 is 18.1. The molecule has 5 rings (SSSR count). The van der Waals surface area contributed by atoms with Crippen molar-refractivity contribution in [1.82, 2.24) is 4.90 Å². The van der Waals surface area contributed by atoms with Gasteiger partial charge in [-0.3, -0.25) is 0 Å². The van der Waals surface area contributed by atoms with E-state index in [1.165, 1.54) is 10.8 Å². The molecule has 2 aliphatic heterocycles. The number of nitrogens with zero attached hydrogens (tertiary/aromatic N) is 1. The van der Waals surface area contributed by atoms with E-state index in [0.29, 0.717) is 0 Å². The Morgan fingerprint density at radius 1 is 0.892 bits per heavy atom. The lowest BCUT2D eigenvalue weighted by Gasteiger charge is -2.32. The van der Waals surface area contributed by atoms with Crippen LogP contribution in [-0.2, 0) is 14.0 Å². The van der Waals surface area contributed by atoms with E-state index >= 15 is 0 Å². The standard InChI is InChI=1S/C31H38BNO4/c1-29(2,3)35-28(34)33-18-8-9-27(33)25-13-12-23-19-22(10-11-24(23)20-25)21-14-16-26(17-15-21)32-36-30(4,5)31(6,7)37-32/h10-17,19-20,27H,8-9,18H2,1-7H3. The van der Waals surface area contributed by atoms with E-state index < -0.39 is 5.60 Å². The van der Waals surface area contributed by atoms with Gasteiger partial charge in [0.25, 0.3) is 0 Å². The Bertz CT molecular complexity index is 1290. The van der Waals surface area contributed by atoms with Crippen LogP contribution in [0.2, 0.25) is 0 Å². The lowest BCUT2D eigenvalue weighted by molar-refractivity contribution is 0.00578. The molecule has 0 radical (unpaired) electrons. The maximum Gasteiger partial charge on any atom is 0.494 e. The van der Waals surface area contributed by atoms with Crippen molar-refractivity contribution in [2.75, 3.05) is 6.54 Å². The molecule has 37 heavy (non-hydrogen) atoms. The molecule has 2 aliphatic rings. The lowest BCUT2D eigenvalue weighted by atomic mass is 9.78. The molecule has 2 fully saturated rings. The summed E-state index contributed by atoms with van der Waals surface area (Å²) in [5.41, 5.74) is 3.31. The Hall–Kier alpha value is -2.83. The Morgan fingerprint density at radius 2 is 1.49 bits per heavy atom. The second-order valence-electron chi connectivity index (χ2n) is 12.4. The lowest BCUT2D eigenvalue weighted by Crippen LogP contribution is -2.41. The summed E-state index contributed by atoms with van der Waals surface area (Å²) >= 11 is 0. The minimum Gasteiger partial charge on any atom is -0.444 e. The van der Waals surface area contributed by atoms with E-state index in [-0.39, 0.29) is 30.5 Å². The maximum atomic E-state index is 12.8. The van der Waals surface area contributed by atoms with Crippen molar-refractivity contribution in [3.05, 3.63) is 66.2 Å².